The van der Waals surface area contributed by atoms with E-state index in [1.54, 1.807) is 14.0 Å². The Morgan fingerprint density at radius 3 is 2.76 bits per heavy atom. The molecule has 0 amide bonds. The second kappa shape index (κ2) is 11.4. The van der Waals surface area contributed by atoms with Gasteiger partial charge >= 0.3 is 5.97 Å². The minimum absolute atomic E-state index is 0.0106. The van der Waals surface area contributed by atoms with Crippen molar-refractivity contribution >= 4 is 55.8 Å². The molecule has 2 atom stereocenters. The number of nitrogens with zero attached hydrogens (tertiary/aromatic N) is 5. The van der Waals surface area contributed by atoms with Gasteiger partial charge in [-0.1, -0.05) is 22.9 Å². The molecule has 1 aliphatic heterocycles. The van der Waals surface area contributed by atoms with Crippen LogP contribution in [0, 0.1) is 18.8 Å². The number of carbonyl (C=O) groups is 2. The number of rotatable bonds is 10. The molecule has 0 radical (unpaired) electrons. The van der Waals surface area contributed by atoms with Gasteiger partial charge in [0.2, 0.25) is 0 Å². The normalized spacial score (nSPS) is 19.7. The standard InChI is InChI=1S/C25H30BrClN6O4S/c1-4-37-24(35)22-21(23-28-12-29-33(23)10-14-5-6-14)31-25(38-22)32-8-7-15(17(11-32)36-3)9-16(34)20-18(26)19(27)13(2)30-20/h12,14-15,17,30H,4-11H2,1-3H3/t15-,17-/m0/s1. The van der Waals surface area contributed by atoms with E-state index in [1.807, 2.05) is 11.6 Å². The number of nitrogens with one attached hydrogen (secondary N) is 1. The second-order valence-corrected chi connectivity index (χ2v) is 11.9. The van der Waals surface area contributed by atoms with E-state index in [0.717, 1.165) is 18.7 Å². The van der Waals surface area contributed by atoms with Crippen molar-refractivity contribution in [3.63, 3.8) is 0 Å². The maximum Gasteiger partial charge on any atom is 0.350 e. The molecule has 1 N–H and O–H groups in total. The Morgan fingerprint density at radius 2 is 2.11 bits per heavy atom. The summed E-state index contributed by atoms with van der Waals surface area (Å²) in [6.07, 6.45) is 4.74. The van der Waals surface area contributed by atoms with Gasteiger partial charge in [-0.05, 0) is 60.9 Å². The van der Waals surface area contributed by atoms with Gasteiger partial charge in [0, 0.05) is 38.9 Å². The summed E-state index contributed by atoms with van der Waals surface area (Å²) in [5.41, 5.74) is 1.74. The highest BCUT2D eigenvalue weighted by Crippen LogP contribution is 2.38. The fourth-order valence-corrected chi connectivity index (χ4v) is 6.55. The topological polar surface area (TPSA) is 115 Å². The molecule has 38 heavy (non-hydrogen) atoms. The Bertz CT molecular complexity index is 1340. The lowest BCUT2D eigenvalue weighted by Gasteiger charge is -2.37. The van der Waals surface area contributed by atoms with Crippen LogP contribution in [0.3, 0.4) is 0 Å². The lowest BCUT2D eigenvalue weighted by atomic mass is 9.88. The highest BCUT2D eigenvalue weighted by atomic mass is 79.9. The van der Waals surface area contributed by atoms with E-state index in [0.29, 0.717) is 62.1 Å². The number of ketones is 1. The van der Waals surface area contributed by atoms with Crippen LogP contribution in [-0.4, -0.2) is 69.4 Å². The number of H-pyrrole nitrogens is 1. The van der Waals surface area contributed by atoms with Crippen LogP contribution < -0.4 is 4.90 Å². The minimum Gasteiger partial charge on any atom is -0.462 e. The third-order valence-electron chi connectivity index (χ3n) is 7.08. The van der Waals surface area contributed by atoms with Crippen molar-refractivity contribution in [1.29, 1.82) is 0 Å². The third-order valence-corrected chi connectivity index (χ3v) is 9.67. The molecule has 0 aromatic carbocycles. The Balaban J connectivity index is 1.35. The number of hydrogen-bond acceptors (Lipinski definition) is 9. The van der Waals surface area contributed by atoms with Crippen LogP contribution >= 0.6 is 38.9 Å². The fraction of sp³-hybridized carbons (Fsp3) is 0.560. The first-order valence-electron chi connectivity index (χ1n) is 12.7. The summed E-state index contributed by atoms with van der Waals surface area (Å²) in [6, 6.07) is 0. The van der Waals surface area contributed by atoms with Gasteiger partial charge in [0.05, 0.1) is 27.9 Å². The Labute approximate surface area is 238 Å². The van der Waals surface area contributed by atoms with E-state index >= 15 is 0 Å². The van der Waals surface area contributed by atoms with Crippen LogP contribution in [0.4, 0.5) is 5.13 Å². The van der Waals surface area contributed by atoms with E-state index < -0.39 is 5.97 Å². The number of anilines is 1. The quantitative estimate of drug-likeness (QED) is 0.243. The molecule has 1 aliphatic carbocycles. The number of halogens is 2. The Morgan fingerprint density at radius 1 is 1.32 bits per heavy atom. The molecule has 3 aromatic rings. The zero-order chi connectivity index (χ0) is 27.0. The molecule has 10 nitrogen and oxygen atoms in total. The zero-order valence-corrected chi connectivity index (χ0v) is 24.7. The number of ether oxygens (including phenoxy) is 2. The van der Waals surface area contributed by atoms with Crippen molar-refractivity contribution in [2.45, 2.75) is 52.2 Å². The molecule has 1 saturated heterocycles. The summed E-state index contributed by atoms with van der Waals surface area (Å²) in [5, 5.41) is 5.60. The van der Waals surface area contributed by atoms with Crippen molar-refractivity contribution in [3.05, 3.63) is 32.1 Å². The highest BCUT2D eigenvalue weighted by molar-refractivity contribution is 9.10. The van der Waals surface area contributed by atoms with Gasteiger partial charge in [-0.25, -0.2) is 19.4 Å². The summed E-state index contributed by atoms with van der Waals surface area (Å²) in [4.78, 5) is 40.9. The first-order valence-corrected chi connectivity index (χ1v) is 14.7. The predicted molar refractivity (Wildman–Crippen MR) is 148 cm³/mol. The van der Waals surface area contributed by atoms with Gasteiger partial charge in [-0.2, -0.15) is 5.10 Å². The summed E-state index contributed by atoms with van der Waals surface area (Å²) in [5.74, 6) is 0.778. The largest absolute Gasteiger partial charge is 0.462 e. The molecule has 1 saturated carbocycles. The number of esters is 1. The molecule has 0 spiro atoms. The van der Waals surface area contributed by atoms with E-state index in [-0.39, 0.29) is 24.4 Å². The number of hydrogen-bond donors (Lipinski definition) is 1. The highest BCUT2D eigenvalue weighted by Gasteiger charge is 2.35. The first kappa shape index (κ1) is 27.3. The number of aromatic amines is 1. The van der Waals surface area contributed by atoms with Crippen LogP contribution in [0.15, 0.2) is 10.8 Å². The summed E-state index contributed by atoms with van der Waals surface area (Å²) >= 11 is 11.0. The lowest BCUT2D eigenvalue weighted by Crippen LogP contribution is -2.45. The van der Waals surface area contributed by atoms with Crippen LogP contribution in [0.25, 0.3) is 11.5 Å². The molecule has 13 heteroatoms. The molecular formula is C25H30BrClN6O4S. The summed E-state index contributed by atoms with van der Waals surface area (Å²) in [6.45, 7) is 5.87. The van der Waals surface area contributed by atoms with Crippen LogP contribution in [-0.2, 0) is 16.0 Å². The van der Waals surface area contributed by atoms with E-state index in [1.165, 1.54) is 30.5 Å². The predicted octanol–water partition coefficient (Wildman–Crippen LogP) is 5.16. The van der Waals surface area contributed by atoms with Crippen molar-refractivity contribution in [1.82, 2.24) is 24.7 Å². The Hall–Kier alpha value is -2.28. The van der Waals surface area contributed by atoms with Crippen LogP contribution in [0.5, 0.6) is 0 Å². The maximum atomic E-state index is 13.1. The number of carbonyl (C=O) groups excluding carboxylic acids is 2. The number of aryl methyl sites for hydroxylation is 1. The monoisotopic (exact) mass is 624 g/mol. The van der Waals surface area contributed by atoms with Crippen molar-refractivity contribution in [2.24, 2.45) is 11.8 Å². The SMILES string of the molecule is CCOC(=O)c1sc(N2CC[C@@H](CC(=O)c3[nH]c(C)c(Cl)c3Br)[C@@H](OC)C2)nc1-c1ncnn1CC1CC1. The molecule has 2 aliphatic rings. The van der Waals surface area contributed by atoms with Gasteiger partial charge in [-0.3, -0.25) is 4.79 Å². The molecule has 0 unspecified atom stereocenters. The van der Waals surface area contributed by atoms with Gasteiger partial charge < -0.3 is 19.4 Å². The van der Waals surface area contributed by atoms with Gasteiger partial charge in [-0.15, -0.1) is 0 Å². The zero-order valence-electron chi connectivity index (χ0n) is 21.5. The van der Waals surface area contributed by atoms with Gasteiger partial charge in [0.15, 0.2) is 16.7 Å². The van der Waals surface area contributed by atoms with Gasteiger partial charge in [0.25, 0.3) is 0 Å². The van der Waals surface area contributed by atoms with Crippen LogP contribution in [0.1, 0.15) is 58.5 Å². The third kappa shape index (κ3) is 5.54. The van der Waals surface area contributed by atoms with Crippen molar-refractivity contribution < 1.29 is 19.1 Å². The molecule has 5 rings (SSSR count). The summed E-state index contributed by atoms with van der Waals surface area (Å²) in [7, 11) is 1.66. The molecular weight excluding hydrogens is 596 g/mol. The molecule has 0 bridgehead atoms. The van der Waals surface area contributed by atoms with Crippen molar-refractivity contribution in [3.8, 4) is 11.5 Å². The second-order valence-electron chi connectivity index (χ2n) is 9.75. The number of thiazole rings is 1. The number of piperidine rings is 1. The van der Waals surface area contributed by atoms with E-state index in [9.17, 15) is 9.59 Å². The first-order chi connectivity index (χ1) is 18.3. The number of Topliss-reactive ketones (excluding diaryl/α,β-unsaturated/α-hetero) is 1. The van der Waals surface area contributed by atoms with E-state index in [4.69, 9.17) is 26.1 Å². The number of aromatic nitrogens is 5. The molecule has 3 aromatic heterocycles. The summed E-state index contributed by atoms with van der Waals surface area (Å²) < 4.78 is 13.6. The average molecular weight is 626 g/mol. The maximum absolute atomic E-state index is 13.1. The van der Waals surface area contributed by atoms with Gasteiger partial charge in [0.1, 0.15) is 16.9 Å². The minimum atomic E-state index is -0.415. The van der Waals surface area contributed by atoms with Crippen molar-refractivity contribution in [2.75, 3.05) is 31.7 Å². The average Bonchev–Trinajstić information content (AvgIpc) is 3.31. The molecule has 4 heterocycles. The number of methoxy groups -OCH3 is 1. The fourth-order valence-electron chi connectivity index (χ4n) is 4.80. The molecule has 2 fully saturated rings. The molecule has 204 valence electrons. The smallest absolute Gasteiger partial charge is 0.350 e. The lowest BCUT2D eigenvalue weighted by molar-refractivity contribution is 0.0374. The van der Waals surface area contributed by atoms with Crippen LogP contribution in [0.2, 0.25) is 5.02 Å². The Kier molecular flexibility index (Phi) is 8.22. The van der Waals surface area contributed by atoms with E-state index in [2.05, 4.69) is 35.9 Å².